The zero-order valence-electron chi connectivity index (χ0n) is 23.0. The predicted molar refractivity (Wildman–Crippen MR) is 145 cm³/mol. The largest absolute Gasteiger partial charge is 0.481 e. The second-order valence-electron chi connectivity index (χ2n) is 10.3. The van der Waals surface area contributed by atoms with Crippen molar-refractivity contribution in [3.63, 3.8) is 0 Å². The van der Waals surface area contributed by atoms with Crippen LogP contribution in [0.1, 0.15) is 61.2 Å². The van der Waals surface area contributed by atoms with E-state index in [-0.39, 0.29) is 23.5 Å². The van der Waals surface area contributed by atoms with Gasteiger partial charge in [0.15, 0.2) is 11.6 Å². The third kappa shape index (κ3) is 7.16. The van der Waals surface area contributed by atoms with Crippen LogP contribution < -0.4 is 16.2 Å². The molecule has 0 bridgehead atoms. The van der Waals surface area contributed by atoms with E-state index in [0.717, 1.165) is 17.2 Å². The van der Waals surface area contributed by atoms with E-state index in [1.165, 1.54) is 30.2 Å². The summed E-state index contributed by atoms with van der Waals surface area (Å²) >= 11 is 0. The van der Waals surface area contributed by atoms with Crippen molar-refractivity contribution in [2.75, 3.05) is 0 Å². The van der Waals surface area contributed by atoms with Crippen molar-refractivity contribution >= 4 is 11.9 Å². The molecule has 0 aliphatic rings. The van der Waals surface area contributed by atoms with Gasteiger partial charge in [-0.05, 0) is 60.6 Å². The zero-order chi connectivity index (χ0) is 29.7. The highest BCUT2D eigenvalue weighted by Gasteiger charge is 2.30. The van der Waals surface area contributed by atoms with Crippen molar-refractivity contribution < 1.29 is 28.6 Å². The zero-order valence-corrected chi connectivity index (χ0v) is 23.0. The number of carboxylic acids is 1. The third-order valence-electron chi connectivity index (χ3n) is 6.59. The number of hydrogen-bond acceptors (Lipinski definition) is 6. The average Bonchev–Trinajstić information content (AvgIpc) is 2.86. The van der Waals surface area contributed by atoms with Gasteiger partial charge in [0, 0.05) is 18.8 Å². The molecule has 1 amide bonds. The molecule has 0 fully saturated rings. The van der Waals surface area contributed by atoms with Crippen molar-refractivity contribution in [1.29, 1.82) is 0 Å². The summed E-state index contributed by atoms with van der Waals surface area (Å²) in [6.45, 7) is 7.30. The lowest BCUT2D eigenvalue weighted by Crippen LogP contribution is -2.48. The lowest BCUT2D eigenvalue weighted by atomic mass is 9.92. The predicted octanol–water partition coefficient (Wildman–Crippen LogP) is 3.67. The van der Waals surface area contributed by atoms with Crippen LogP contribution >= 0.6 is 0 Å². The monoisotopic (exact) mass is 556 g/mol. The smallest absolute Gasteiger partial charge is 0.305 e. The van der Waals surface area contributed by atoms with Crippen LogP contribution in [0.15, 0.2) is 47.7 Å². The molecule has 1 heterocycles. The van der Waals surface area contributed by atoms with E-state index in [0.29, 0.717) is 11.1 Å². The fourth-order valence-electron chi connectivity index (χ4n) is 4.68. The molecule has 3 rings (SSSR count). The fraction of sp³-hybridized carbons (Fsp3) is 0.379. The van der Waals surface area contributed by atoms with Crippen LogP contribution in [-0.2, 0) is 16.6 Å². The molecule has 0 saturated heterocycles. The maximum atomic E-state index is 15.2. The number of rotatable bonds is 11. The summed E-state index contributed by atoms with van der Waals surface area (Å²) in [4.78, 5) is 41.5. The van der Waals surface area contributed by atoms with Gasteiger partial charge < -0.3 is 20.1 Å². The minimum absolute atomic E-state index is 0.0633. The van der Waals surface area contributed by atoms with Crippen LogP contribution in [0.25, 0.3) is 11.1 Å². The molecule has 1 aromatic heterocycles. The van der Waals surface area contributed by atoms with Crippen LogP contribution in [-0.4, -0.2) is 37.7 Å². The summed E-state index contributed by atoms with van der Waals surface area (Å²) < 4.78 is 31.2. The Bertz CT molecular complexity index is 1440. The van der Waals surface area contributed by atoms with Gasteiger partial charge in [0.2, 0.25) is 5.91 Å². The number of carboxylic acid groups (broad SMARTS) is 1. The number of halogens is 2. The Kier molecular flexibility index (Phi) is 9.88. The Morgan fingerprint density at radius 1 is 1.10 bits per heavy atom. The Hall–Kier alpha value is -3.96. The van der Waals surface area contributed by atoms with Gasteiger partial charge in [0.25, 0.3) is 5.56 Å². The van der Waals surface area contributed by atoms with E-state index >= 15 is 4.39 Å². The first kappa shape index (κ1) is 30.6. The topological polar surface area (TPSA) is 134 Å². The summed E-state index contributed by atoms with van der Waals surface area (Å²) in [6, 6.07) is 5.34. The molecule has 0 saturated carbocycles. The fourth-order valence-corrected chi connectivity index (χ4v) is 4.68. The number of aliphatic carboxylic acids is 1. The first-order valence-corrected chi connectivity index (χ1v) is 12.8. The highest BCUT2D eigenvalue weighted by molar-refractivity contribution is 5.83. The highest BCUT2D eigenvalue weighted by atomic mass is 19.2. The van der Waals surface area contributed by atoms with Crippen molar-refractivity contribution in [2.24, 2.45) is 13.0 Å². The van der Waals surface area contributed by atoms with Gasteiger partial charge in [-0.2, -0.15) is 0 Å². The quantitative estimate of drug-likeness (QED) is 0.265. The van der Waals surface area contributed by atoms with Crippen LogP contribution in [0.3, 0.4) is 0 Å². The second-order valence-corrected chi connectivity index (χ2v) is 10.3. The van der Waals surface area contributed by atoms with E-state index in [2.05, 4.69) is 15.6 Å². The van der Waals surface area contributed by atoms with Gasteiger partial charge in [0.05, 0.1) is 30.4 Å². The molecule has 0 spiro atoms. The van der Waals surface area contributed by atoms with Crippen molar-refractivity contribution in [1.82, 2.24) is 20.2 Å². The van der Waals surface area contributed by atoms with Gasteiger partial charge >= 0.3 is 5.97 Å². The summed E-state index contributed by atoms with van der Waals surface area (Å²) in [7, 11) is 1.46. The Balaban J connectivity index is 1.99. The van der Waals surface area contributed by atoms with Gasteiger partial charge in [-0.15, -0.1) is 0 Å². The number of nitrogens with one attached hydrogen (secondary N) is 2. The molecule has 0 radical (unpaired) electrons. The molecule has 3 atom stereocenters. The number of aliphatic hydroxyl groups excluding tert-OH is 1. The summed E-state index contributed by atoms with van der Waals surface area (Å²) in [5, 5.41) is 25.5. The van der Waals surface area contributed by atoms with Crippen LogP contribution in [0.4, 0.5) is 8.78 Å². The molecule has 11 heteroatoms. The number of aromatic nitrogens is 2. The standard InChI is InChI=1S/C29H34F2N4O5/c1-15(2)9-23(34-27(38)20-13-32-14-35(5)29(20)40)28(39)33-22(12-24(36)37)19-10-18(11-21(30)26(19)31)25-16(3)7-6-8-17(25)4/h6-8,10-11,13-15,22-23,27,34,38H,9,12H2,1-5H3,(H,33,39)(H,36,37)/t22-,23-,27?/m0/s1. The molecule has 0 aliphatic heterocycles. The SMILES string of the molecule is Cc1cccc(C)c1-c1cc(F)c(F)c([C@H](CC(=O)O)NC(=O)[C@H](CC(C)C)NC(O)c2cncn(C)c2=O)c1. The number of benzene rings is 2. The minimum atomic E-state index is -1.57. The lowest BCUT2D eigenvalue weighted by molar-refractivity contribution is -0.138. The normalized spacial score (nSPS) is 13.6. The van der Waals surface area contributed by atoms with Crippen LogP contribution in [0.5, 0.6) is 0 Å². The van der Waals surface area contributed by atoms with Crippen molar-refractivity contribution in [3.8, 4) is 11.1 Å². The highest BCUT2D eigenvalue weighted by Crippen LogP contribution is 2.33. The number of carbonyl (C=O) groups excluding carboxylic acids is 1. The van der Waals surface area contributed by atoms with Gasteiger partial charge in [-0.25, -0.2) is 13.8 Å². The van der Waals surface area contributed by atoms with E-state index in [9.17, 15) is 29.0 Å². The molecule has 40 heavy (non-hydrogen) atoms. The van der Waals surface area contributed by atoms with E-state index in [1.807, 2.05) is 45.9 Å². The van der Waals surface area contributed by atoms with E-state index < -0.39 is 53.8 Å². The number of hydrogen-bond donors (Lipinski definition) is 4. The Morgan fingerprint density at radius 3 is 2.35 bits per heavy atom. The summed E-state index contributed by atoms with van der Waals surface area (Å²) in [5.74, 6) is -4.60. The second kappa shape index (κ2) is 12.9. The molecule has 0 aliphatic carbocycles. The molecule has 4 N–H and O–H groups in total. The van der Waals surface area contributed by atoms with Crippen LogP contribution in [0, 0.1) is 31.4 Å². The first-order chi connectivity index (χ1) is 18.8. The third-order valence-corrected chi connectivity index (χ3v) is 6.59. The van der Waals surface area contributed by atoms with Crippen LogP contribution in [0.2, 0.25) is 0 Å². The molecule has 2 aromatic carbocycles. The Labute approximate surface area is 230 Å². The molecular formula is C29H34F2N4O5. The Morgan fingerprint density at radius 2 is 1.75 bits per heavy atom. The summed E-state index contributed by atoms with van der Waals surface area (Å²) in [6.07, 6.45) is 0.338. The average molecular weight is 557 g/mol. The first-order valence-electron chi connectivity index (χ1n) is 12.8. The van der Waals surface area contributed by atoms with Crippen molar-refractivity contribution in [3.05, 3.63) is 87.1 Å². The van der Waals surface area contributed by atoms with E-state index in [1.54, 1.807) is 0 Å². The molecule has 9 nitrogen and oxygen atoms in total. The maximum Gasteiger partial charge on any atom is 0.305 e. The number of amides is 1. The number of aryl methyl sites for hydroxylation is 3. The number of aliphatic hydroxyl groups is 1. The van der Waals surface area contributed by atoms with Gasteiger partial charge in [-0.1, -0.05) is 32.0 Å². The minimum Gasteiger partial charge on any atom is -0.481 e. The number of carbonyl (C=O) groups is 2. The molecule has 1 unspecified atom stereocenters. The van der Waals surface area contributed by atoms with E-state index in [4.69, 9.17) is 0 Å². The molecule has 3 aromatic rings. The lowest BCUT2D eigenvalue weighted by Gasteiger charge is -2.26. The molecule has 214 valence electrons. The number of nitrogens with zero attached hydrogens (tertiary/aromatic N) is 2. The molecular weight excluding hydrogens is 522 g/mol. The maximum absolute atomic E-state index is 15.2. The summed E-state index contributed by atoms with van der Waals surface area (Å²) in [5.41, 5.74) is 1.70. The van der Waals surface area contributed by atoms with Crippen molar-refractivity contribution in [2.45, 2.75) is 58.8 Å². The van der Waals surface area contributed by atoms with Gasteiger partial charge in [-0.3, -0.25) is 19.7 Å². The van der Waals surface area contributed by atoms with Gasteiger partial charge in [0.1, 0.15) is 6.23 Å².